The van der Waals surface area contributed by atoms with Crippen LogP contribution < -0.4 is 5.32 Å². The molecule has 68 valence electrons. The van der Waals surface area contributed by atoms with Crippen LogP contribution in [0.1, 0.15) is 5.56 Å². The van der Waals surface area contributed by atoms with Crippen LogP contribution in [0.15, 0.2) is 18.2 Å². The van der Waals surface area contributed by atoms with Gasteiger partial charge in [-0.2, -0.15) is 0 Å². The molecule has 0 saturated carbocycles. The first-order valence-electron chi connectivity index (χ1n) is 4.25. The van der Waals surface area contributed by atoms with Crippen molar-refractivity contribution in [2.24, 2.45) is 7.05 Å². The Balaban J connectivity index is 2.63. The van der Waals surface area contributed by atoms with Crippen molar-refractivity contribution in [3.63, 3.8) is 0 Å². The number of hydrogen-bond donors (Lipinski definition) is 1. The van der Waals surface area contributed by atoms with E-state index in [4.69, 9.17) is 0 Å². The zero-order chi connectivity index (χ0) is 9.26. The highest BCUT2D eigenvalue weighted by Crippen LogP contribution is 2.14. The predicted molar refractivity (Wildman–Crippen MR) is 51.3 cm³/mol. The topological polar surface area (TPSA) is 42.7 Å². The minimum Gasteiger partial charge on any atom is -0.316 e. The van der Waals surface area contributed by atoms with Crippen molar-refractivity contribution < 1.29 is 0 Å². The van der Waals surface area contributed by atoms with E-state index in [1.165, 1.54) is 5.56 Å². The highest BCUT2D eigenvalue weighted by molar-refractivity contribution is 5.77. The van der Waals surface area contributed by atoms with E-state index >= 15 is 0 Å². The molecule has 1 aromatic carbocycles. The quantitative estimate of drug-likeness (QED) is 0.732. The second-order valence-electron chi connectivity index (χ2n) is 3.03. The molecule has 0 radical (unpaired) electrons. The molecular formula is C9H12N4. The van der Waals surface area contributed by atoms with Crippen molar-refractivity contribution in [2.75, 3.05) is 7.05 Å². The van der Waals surface area contributed by atoms with Crippen LogP contribution in [0.4, 0.5) is 0 Å². The molecule has 0 unspecified atom stereocenters. The zero-order valence-corrected chi connectivity index (χ0v) is 7.78. The molecule has 0 amide bonds. The van der Waals surface area contributed by atoms with Crippen LogP contribution in [0.5, 0.6) is 0 Å². The van der Waals surface area contributed by atoms with Gasteiger partial charge in [0.05, 0.1) is 5.52 Å². The summed E-state index contributed by atoms with van der Waals surface area (Å²) in [6.07, 6.45) is 0. The lowest BCUT2D eigenvalue weighted by molar-refractivity contribution is 0.736. The Morgan fingerprint density at radius 1 is 1.46 bits per heavy atom. The number of aromatic nitrogens is 3. The lowest BCUT2D eigenvalue weighted by Crippen LogP contribution is -2.05. The van der Waals surface area contributed by atoms with E-state index in [1.807, 2.05) is 26.2 Å². The molecule has 2 aromatic rings. The number of aryl methyl sites for hydroxylation is 1. The highest BCUT2D eigenvalue weighted by Gasteiger charge is 2.04. The van der Waals surface area contributed by atoms with Crippen LogP contribution in [-0.2, 0) is 13.6 Å². The first-order valence-corrected chi connectivity index (χ1v) is 4.25. The summed E-state index contributed by atoms with van der Waals surface area (Å²) in [5.41, 5.74) is 3.25. The van der Waals surface area contributed by atoms with Crippen molar-refractivity contribution in [3.8, 4) is 0 Å². The van der Waals surface area contributed by atoms with Gasteiger partial charge in [-0.15, -0.1) is 5.10 Å². The largest absolute Gasteiger partial charge is 0.316 e. The first-order chi connectivity index (χ1) is 6.33. The van der Waals surface area contributed by atoms with Gasteiger partial charge in [0.1, 0.15) is 5.52 Å². The highest BCUT2D eigenvalue weighted by atomic mass is 15.4. The summed E-state index contributed by atoms with van der Waals surface area (Å²) in [6.45, 7) is 0.829. The van der Waals surface area contributed by atoms with Crippen LogP contribution in [0.2, 0.25) is 0 Å². The van der Waals surface area contributed by atoms with Gasteiger partial charge in [-0.3, -0.25) is 0 Å². The van der Waals surface area contributed by atoms with Gasteiger partial charge >= 0.3 is 0 Å². The van der Waals surface area contributed by atoms with Gasteiger partial charge in [0.25, 0.3) is 0 Å². The van der Waals surface area contributed by atoms with E-state index in [9.17, 15) is 0 Å². The molecule has 0 spiro atoms. The zero-order valence-electron chi connectivity index (χ0n) is 7.78. The third kappa shape index (κ3) is 1.29. The second-order valence-corrected chi connectivity index (χ2v) is 3.03. The average molecular weight is 176 g/mol. The molecule has 0 aliphatic carbocycles. The maximum absolute atomic E-state index is 4.11. The van der Waals surface area contributed by atoms with Crippen molar-refractivity contribution in [1.82, 2.24) is 20.3 Å². The minimum absolute atomic E-state index is 0.829. The molecule has 0 aliphatic rings. The third-order valence-electron chi connectivity index (χ3n) is 2.09. The monoisotopic (exact) mass is 176 g/mol. The van der Waals surface area contributed by atoms with Crippen molar-refractivity contribution in [2.45, 2.75) is 6.54 Å². The lowest BCUT2D eigenvalue weighted by Gasteiger charge is -1.99. The minimum atomic E-state index is 0.829. The predicted octanol–water partition coefficient (Wildman–Crippen LogP) is 0.688. The van der Waals surface area contributed by atoms with Crippen LogP contribution in [0.3, 0.4) is 0 Å². The molecular weight excluding hydrogens is 164 g/mol. The van der Waals surface area contributed by atoms with Crippen LogP contribution in [0.25, 0.3) is 11.0 Å². The van der Waals surface area contributed by atoms with Crippen molar-refractivity contribution in [1.29, 1.82) is 0 Å². The Bertz CT molecular complexity index is 418. The van der Waals surface area contributed by atoms with Crippen molar-refractivity contribution in [3.05, 3.63) is 23.8 Å². The summed E-state index contributed by atoms with van der Waals surface area (Å²) < 4.78 is 1.79. The molecule has 0 bridgehead atoms. The normalized spacial score (nSPS) is 10.9. The van der Waals surface area contributed by atoms with Gasteiger partial charge in [0, 0.05) is 13.6 Å². The van der Waals surface area contributed by atoms with Gasteiger partial charge in [-0.1, -0.05) is 17.3 Å². The maximum atomic E-state index is 4.11. The van der Waals surface area contributed by atoms with Crippen molar-refractivity contribution >= 4 is 11.0 Å². The molecule has 4 nitrogen and oxygen atoms in total. The first kappa shape index (κ1) is 8.19. The molecule has 4 heteroatoms. The second kappa shape index (κ2) is 3.14. The van der Waals surface area contributed by atoms with E-state index in [2.05, 4.69) is 21.7 Å². The molecule has 1 heterocycles. The Hall–Kier alpha value is -1.42. The number of hydrogen-bond acceptors (Lipinski definition) is 3. The fraction of sp³-hybridized carbons (Fsp3) is 0.333. The number of benzene rings is 1. The number of rotatable bonds is 2. The summed E-state index contributed by atoms with van der Waals surface area (Å²) in [5, 5.41) is 11.2. The molecule has 2 rings (SSSR count). The van der Waals surface area contributed by atoms with E-state index in [0.717, 1.165) is 17.6 Å². The Morgan fingerprint density at radius 2 is 2.31 bits per heavy atom. The Kier molecular flexibility index (Phi) is 1.98. The Labute approximate surface area is 76.6 Å². The standard InChI is InChI=1S/C9H12N4/c1-10-6-7-4-3-5-8-9(7)11-12-13(8)2/h3-5,10H,6H2,1-2H3. The average Bonchev–Trinajstić information content (AvgIpc) is 2.50. The molecule has 0 atom stereocenters. The number of fused-ring (bicyclic) bond motifs is 1. The third-order valence-corrected chi connectivity index (χ3v) is 2.09. The molecule has 1 N–H and O–H groups in total. The van der Waals surface area contributed by atoms with E-state index in [1.54, 1.807) is 4.68 Å². The molecule has 13 heavy (non-hydrogen) atoms. The molecule has 0 saturated heterocycles. The molecule has 0 aliphatic heterocycles. The van der Waals surface area contributed by atoms with Crippen LogP contribution in [0, 0.1) is 0 Å². The Morgan fingerprint density at radius 3 is 3.08 bits per heavy atom. The lowest BCUT2D eigenvalue weighted by atomic mass is 10.2. The van der Waals surface area contributed by atoms with Gasteiger partial charge < -0.3 is 5.32 Å². The molecule has 1 aromatic heterocycles. The van der Waals surface area contributed by atoms with Gasteiger partial charge in [0.15, 0.2) is 0 Å². The summed E-state index contributed by atoms with van der Waals surface area (Å²) in [6, 6.07) is 6.11. The maximum Gasteiger partial charge on any atom is 0.117 e. The van der Waals surface area contributed by atoms with Crippen LogP contribution in [-0.4, -0.2) is 22.0 Å². The number of nitrogens with one attached hydrogen (secondary N) is 1. The SMILES string of the molecule is CNCc1cccc2c1nnn2C. The summed E-state index contributed by atoms with van der Waals surface area (Å²) in [7, 11) is 3.83. The number of nitrogens with zero attached hydrogens (tertiary/aromatic N) is 3. The summed E-state index contributed by atoms with van der Waals surface area (Å²) in [5.74, 6) is 0. The van der Waals surface area contributed by atoms with E-state index < -0.39 is 0 Å². The summed E-state index contributed by atoms with van der Waals surface area (Å²) in [4.78, 5) is 0. The fourth-order valence-corrected chi connectivity index (χ4v) is 1.45. The smallest absolute Gasteiger partial charge is 0.117 e. The van der Waals surface area contributed by atoms with Gasteiger partial charge in [-0.25, -0.2) is 4.68 Å². The van der Waals surface area contributed by atoms with E-state index in [-0.39, 0.29) is 0 Å². The van der Waals surface area contributed by atoms with Gasteiger partial charge in [-0.05, 0) is 18.7 Å². The van der Waals surface area contributed by atoms with Crippen LogP contribution >= 0.6 is 0 Å². The molecule has 0 fully saturated rings. The summed E-state index contributed by atoms with van der Waals surface area (Å²) >= 11 is 0. The van der Waals surface area contributed by atoms with E-state index in [0.29, 0.717) is 0 Å². The van der Waals surface area contributed by atoms with Gasteiger partial charge in [0.2, 0.25) is 0 Å². The fourth-order valence-electron chi connectivity index (χ4n) is 1.45.